The van der Waals surface area contributed by atoms with Crippen molar-refractivity contribution in [3.63, 3.8) is 0 Å². The average molecular weight is 292 g/mol. The molecule has 9 nitrogen and oxygen atoms in total. The molecule has 0 fully saturated rings. The predicted molar refractivity (Wildman–Crippen MR) is 73.0 cm³/mol. The monoisotopic (exact) mass is 292 g/mol. The zero-order chi connectivity index (χ0) is 15.1. The highest BCUT2D eigenvalue weighted by molar-refractivity contribution is 5.91. The first-order valence-corrected chi connectivity index (χ1v) is 6.47. The molecule has 21 heavy (non-hydrogen) atoms. The van der Waals surface area contributed by atoms with Crippen LogP contribution >= 0.6 is 0 Å². The second-order valence-electron chi connectivity index (χ2n) is 3.88. The van der Waals surface area contributed by atoms with Gasteiger partial charge in [-0.25, -0.2) is 14.6 Å². The SMILES string of the molecule is CCOc1ncc(NC(=O)Cn2cncn2)c(OCC)n1. The lowest BCUT2D eigenvalue weighted by atomic mass is 10.4. The molecule has 0 aliphatic rings. The fourth-order valence-corrected chi connectivity index (χ4v) is 1.53. The second kappa shape index (κ2) is 7.17. The van der Waals surface area contributed by atoms with Gasteiger partial charge in [0, 0.05) is 0 Å². The van der Waals surface area contributed by atoms with E-state index < -0.39 is 0 Å². The summed E-state index contributed by atoms with van der Waals surface area (Å²) >= 11 is 0. The van der Waals surface area contributed by atoms with E-state index in [1.54, 1.807) is 0 Å². The maximum Gasteiger partial charge on any atom is 0.319 e. The number of hydrogen-bond acceptors (Lipinski definition) is 7. The summed E-state index contributed by atoms with van der Waals surface area (Å²) in [5.41, 5.74) is 0.380. The van der Waals surface area contributed by atoms with Crippen LogP contribution in [-0.2, 0) is 11.3 Å². The largest absolute Gasteiger partial charge is 0.476 e. The summed E-state index contributed by atoms with van der Waals surface area (Å²) < 4.78 is 12.0. The molecule has 1 N–H and O–H groups in total. The molecule has 0 saturated heterocycles. The van der Waals surface area contributed by atoms with Crippen molar-refractivity contribution >= 4 is 11.6 Å². The molecule has 0 spiro atoms. The van der Waals surface area contributed by atoms with Crippen LogP contribution in [-0.4, -0.2) is 43.9 Å². The maximum absolute atomic E-state index is 11.9. The molecule has 0 radical (unpaired) electrons. The standard InChI is InChI=1S/C12H16N6O3/c1-3-20-11-9(5-14-12(17-11)21-4-2)16-10(19)6-18-8-13-7-15-18/h5,7-8H,3-4,6H2,1-2H3,(H,16,19). The van der Waals surface area contributed by atoms with E-state index in [0.717, 1.165) is 0 Å². The van der Waals surface area contributed by atoms with Crippen molar-refractivity contribution in [1.29, 1.82) is 0 Å². The molecule has 2 heterocycles. The molecule has 0 aromatic carbocycles. The van der Waals surface area contributed by atoms with Crippen LogP contribution < -0.4 is 14.8 Å². The molecule has 0 aliphatic heterocycles. The number of carbonyl (C=O) groups is 1. The summed E-state index contributed by atoms with van der Waals surface area (Å²) in [5.74, 6) is -0.0166. The molecule has 112 valence electrons. The normalized spacial score (nSPS) is 10.2. The highest BCUT2D eigenvalue weighted by atomic mass is 16.5. The zero-order valence-corrected chi connectivity index (χ0v) is 11.8. The maximum atomic E-state index is 11.9. The molecule has 0 atom stereocenters. The number of nitrogens with one attached hydrogen (secondary N) is 1. The quantitative estimate of drug-likeness (QED) is 0.792. The number of hydrogen-bond donors (Lipinski definition) is 1. The Morgan fingerprint density at radius 2 is 2.14 bits per heavy atom. The Bertz CT molecular complexity index is 587. The van der Waals surface area contributed by atoms with Gasteiger partial charge in [-0.05, 0) is 13.8 Å². The molecule has 1 amide bonds. The Labute approximate surface area is 121 Å². The molecule has 0 unspecified atom stereocenters. The van der Waals surface area contributed by atoms with E-state index in [9.17, 15) is 4.79 Å². The van der Waals surface area contributed by atoms with Gasteiger partial charge in [-0.2, -0.15) is 10.1 Å². The number of ether oxygens (including phenoxy) is 2. The summed E-state index contributed by atoms with van der Waals surface area (Å²) in [6, 6.07) is 0.204. The third-order valence-electron chi connectivity index (χ3n) is 2.33. The first-order valence-electron chi connectivity index (χ1n) is 6.47. The van der Waals surface area contributed by atoms with Crippen LogP contribution in [0.2, 0.25) is 0 Å². The van der Waals surface area contributed by atoms with Crippen LogP contribution in [0.5, 0.6) is 11.9 Å². The fourth-order valence-electron chi connectivity index (χ4n) is 1.53. The number of amides is 1. The van der Waals surface area contributed by atoms with Gasteiger partial charge < -0.3 is 14.8 Å². The van der Waals surface area contributed by atoms with Gasteiger partial charge in [0.15, 0.2) is 0 Å². The van der Waals surface area contributed by atoms with E-state index in [4.69, 9.17) is 9.47 Å². The van der Waals surface area contributed by atoms with Gasteiger partial charge in [0.1, 0.15) is 24.9 Å². The Morgan fingerprint density at radius 1 is 1.33 bits per heavy atom. The first-order chi connectivity index (χ1) is 10.2. The van der Waals surface area contributed by atoms with Crippen molar-refractivity contribution < 1.29 is 14.3 Å². The Hall–Kier alpha value is -2.71. The number of carbonyl (C=O) groups excluding carboxylic acids is 1. The highest BCUT2D eigenvalue weighted by Crippen LogP contribution is 2.23. The molecule has 0 bridgehead atoms. The number of anilines is 1. The van der Waals surface area contributed by atoms with Crippen molar-refractivity contribution in [2.45, 2.75) is 20.4 Å². The van der Waals surface area contributed by atoms with Gasteiger partial charge >= 0.3 is 6.01 Å². The van der Waals surface area contributed by atoms with E-state index in [1.165, 1.54) is 23.5 Å². The Balaban J connectivity index is 2.08. The second-order valence-corrected chi connectivity index (χ2v) is 3.88. The van der Waals surface area contributed by atoms with E-state index in [2.05, 4.69) is 25.4 Å². The van der Waals surface area contributed by atoms with E-state index in [0.29, 0.717) is 18.9 Å². The zero-order valence-electron chi connectivity index (χ0n) is 11.8. The summed E-state index contributed by atoms with van der Waals surface area (Å²) in [4.78, 5) is 23.8. The molecule has 2 rings (SSSR count). The average Bonchev–Trinajstić information content (AvgIpc) is 2.95. The highest BCUT2D eigenvalue weighted by Gasteiger charge is 2.12. The molecular formula is C12H16N6O3. The lowest BCUT2D eigenvalue weighted by molar-refractivity contribution is -0.116. The smallest absolute Gasteiger partial charge is 0.319 e. The summed E-state index contributed by atoms with van der Waals surface area (Å²) in [5, 5.41) is 6.53. The van der Waals surface area contributed by atoms with Crippen LogP contribution in [0.1, 0.15) is 13.8 Å². The van der Waals surface area contributed by atoms with Gasteiger partial charge in [0.2, 0.25) is 11.8 Å². The van der Waals surface area contributed by atoms with E-state index in [-0.39, 0.29) is 24.3 Å². The summed E-state index contributed by atoms with van der Waals surface area (Å²) in [7, 11) is 0. The van der Waals surface area contributed by atoms with Gasteiger partial charge in [-0.15, -0.1) is 0 Å². The van der Waals surface area contributed by atoms with Crippen LogP contribution in [0.15, 0.2) is 18.9 Å². The third kappa shape index (κ3) is 4.13. The van der Waals surface area contributed by atoms with Crippen molar-refractivity contribution in [2.24, 2.45) is 0 Å². The lowest BCUT2D eigenvalue weighted by Gasteiger charge is -2.11. The van der Waals surface area contributed by atoms with Gasteiger partial charge in [-0.3, -0.25) is 4.79 Å². The van der Waals surface area contributed by atoms with Crippen molar-refractivity contribution in [1.82, 2.24) is 24.7 Å². The van der Waals surface area contributed by atoms with Crippen LogP contribution in [0.4, 0.5) is 5.69 Å². The van der Waals surface area contributed by atoms with E-state index in [1.807, 2.05) is 13.8 Å². The topological polar surface area (TPSA) is 104 Å². The lowest BCUT2D eigenvalue weighted by Crippen LogP contribution is -2.20. The van der Waals surface area contributed by atoms with E-state index >= 15 is 0 Å². The summed E-state index contributed by atoms with van der Waals surface area (Å²) in [6.07, 6.45) is 4.26. The predicted octanol–water partition coefficient (Wildman–Crippen LogP) is 0.504. The molecule has 2 aromatic heterocycles. The Kier molecular flexibility index (Phi) is 5.02. The Morgan fingerprint density at radius 3 is 2.81 bits per heavy atom. The van der Waals surface area contributed by atoms with Crippen LogP contribution in [0.3, 0.4) is 0 Å². The van der Waals surface area contributed by atoms with Crippen molar-refractivity contribution in [2.75, 3.05) is 18.5 Å². The molecule has 2 aromatic rings. The molecule has 9 heteroatoms. The van der Waals surface area contributed by atoms with Crippen molar-refractivity contribution in [3.8, 4) is 11.9 Å². The minimum absolute atomic E-state index is 0.0405. The van der Waals surface area contributed by atoms with Gasteiger partial charge in [0.25, 0.3) is 0 Å². The first kappa shape index (κ1) is 14.7. The van der Waals surface area contributed by atoms with Crippen LogP contribution in [0.25, 0.3) is 0 Å². The summed E-state index contributed by atoms with van der Waals surface area (Å²) in [6.45, 7) is 4.55. The van der Waals surface area contributed by atoms with Gasteiger partial charge in [0.05, 0.1) is 19.4 Å². The van der Waals surface area contributed by atoms with Gasteiger partial charge in [-0.1, -0.05) is 0 Å². The fraction of sp³-hybridized carbons (Fsp3) is 0.417. The molecule has 0 saturated carbocycles. The minimum atomic E-state index is -0.283. The minimum Gasteiger partial charge on any atom is -0.476 e. The third-order valence-corrected chi connectivity index (χ3v) is 2.33. The number of nitrogens with zero attached hydrogens (tertiary/aromatic N) is 5. The van der Waals surface area contributed by atoms with Crippen LogP contribution in [0, 0.1) is 0 Å². The van der Waals surface area contributed by atoms with Crippen molar-refractivity contribution in [3.05, 3.63) is 18.9 Å². The number of rotatable bonds is 7. The molecule has 0 aliphatic carbocycles. The number of aromatic nitrogens is 5. The molecular weight excluding hydrogens is 276 g/mol.